The quantitative estimate of drug-likeness (QED) is 0.195. The summed E-state index contributed by atoms with van der Waals surface area (Å²) in [4.78, 5) is 15.4. The molecule has 0 aliphatic carbocycles. The van der Waals surface area contributed by atoms with Crippen molar-refractivity contribution in [3.63, 3.8) is 0 Å². The van der Waals surface area contributed by atoms with Crippen molar-refractivity contribution in [3.05, 3.63) is 89.6 Å². The number of benzene rings is 2. The van der Waals surface area contributed by atoms with Gasteiger partial charge in [-0.25, -0.2) is 0 Å². The molecule has 1 N–H and O–H groups in total. The highest BCUT2D eigenvalue weighted by atomic mass is 16.5. The Labute approximate surface area is 238 Å². The number of carbonyl (C=O) groups is 1. The van der Waals surface area contributed by atoms with E-state index >= 15 is 0 Å². The summed E-state index contributed by atoms with van der Waals surface area (Å²) in [7, 11) is 0. The Kier molecular flexibility index (Phi) is 7.91. The highest BCUT2D eigenvalue weighted by Crippen LogP contribution is 2.36. The van der Waals surface area contributed by atoms with Gasteiger partial charge in [-0.2, -0.15) is 0 Å². The minimum Gasteiger partial charge on any atom is -0.489 e. The van der Waals surface area contributed by atoms with E-state index in [1.165, 1.54) is 12.5 Å². The Morgan fingerprint density at radius 2 is 2.02 bits per heavy atom. The van der Waals surface area contributed by atoms with Crippen LogP contribution >= 0.6 is 0 Å². The highest BCUT2D eigenvalue weighted by molar-refractivity contribution is 5.88. The van der Waals surface area contributed by atoms with Gasteiger partial charge < -0.3 is 28.4 Å². The summed E-state index contributed by atoms with van der Waals surface area (Å²) >= 11 is 0. The lowest BCUT2D eigenvalue weighted by atomic mass is 9.90. The Morgan fingerprint density at radius 1 is 1.10 bits per heavy atom. The van der Waals surface area contributed by atoms with Gasteiger partial charge in [0.05, 0.1) is 5.39 Å². The number of fused-ring (bicyclic) bond motifs is 2. The summed E-state index contributed by atoms with van der Waals surface area (Å²) in [6.07, 6.45) is 6.81. The van der Waals surface area contributed by atoms with Crippen molar-refractivity contribution >= 4 is 27.9 Å². The molecule has 8 nitrogen and oxygen atoms in total. The van der Waals surface area contributed by atoms with Crippen LogP contribution in [0.2, 0.25) is 0 Å². The van der Waals surface area contributed by atoms with Gasteiger partial charge >= 0.3 is 5.97 Å². The van der Waals surface area contributed by atoms with E-state index in [1.807, 2.05) is 54.7 Å². The van der Waals surface area contributed by atoms with Crippen molar-refractivity contribution in [3.8, 4) is 11.5 Å². The minimum atomic E-state index is -0.348. The molecule has 6 rings (SSSR count). The van der Waals surface area contributed by atoms with E-state index in [0.29, 0.717) is 23.0 Å². The van der Waals surface area contributed by atoms with E-state index in [9.17, 15) is 4.79 Å². The maximum atomic E-state index is 11.1. The average Bonchev–Trinajstić information content (AvgIpc) is 3.55. The summed E-state index contributed by atoms with van der Waals surface area (Å²) in [5.41, 5.74) is 3.66. The first-order chi connectivity index (χ1) is 20.0. The largest absolute Gasteiger partial charge is 0.489 e. The molecular formula is C33H34N2O6. The molecule has 1 aliphatic heterocycles. The predicted octanol–water partition coefficient (Wildman–Crippen LogP) is 6.51. The van der Waals surface area contributed by atoms with Crippen LogP contribution in [0.5, 0.6) is 11.5 Å². The van der Waals surface area contributed by atoms with Crippen molar-refractivity contribution in [1.29, 1.82) is 0 Å². The lowest BCUT2D eigenvalue weighted by molar-refractivity contribution is -0.142. The van der Waals surface area contributed by atoms with Gasteiger partial charge in [-0.1, -0.05) is 12.1 Å². The molecule has 2 unspecified atom stereocenters. The number of rotatable bonds is 10. The van der Waals surface area contributed by atoms with E-state index in [0.717, 1.165) is 65.8 Å². The molecule has 5 aromatic rings. The molecular weight excluding hydrogens is 520 g/mol. The molecule has 8 heteroatoms. The van der Waals surface area contributed by atoms with Crippen LogP contribution in [-0.2, 0) is 29.2 Å². The number of aryl methyl sites for hydroxylation is 1. The molecule has 1 fully saturated rings. The number of esters is 1. The fourth-order valence-corrected chi connectivity index (χ4v) is 5.52. The van der Waals surface area contributed by atoms with Crippen LogP contribution in [0.4, 0.5) is 0 Å². The number of hydrogen-bond acceptors (Lipinski definition) is 8. The maximum absolute atomic E-state index is 11.1. The molecule has 41 heavy (non-hydrogen) atoms. The van der Waals surface area contributed by atoms with E-state index in [2.05, 4.69) is 23.3 Å². The van der Waals surface area contributed by atoms with Crippen LogP contribution in [0.1, 0.15) is 42.4 Å². The fourth-order valence-electron chi connectivity index (χ4n) is 5.52. The second-order valence-electron chi connectivity index (χ2n) is 10.6. The van der Waals surface area contributed by atoms with Crippen LogP contribution in [0.3, 0.4) is 0 Å². The normalized spacial score (nSPS) is 16.1. The van der Waals surface area contributed by atoms with Crippen LogP contribution in [0, 0.1) is 12.8 Å². The first kappa shape index (κ1) is 26.9. The van der Waals surface area contributed by atoms with Gasteiger partial charge in [0, 0.05) is 49.2 Å². The molecule has 0 saturated carbocycles. The van der Waals surface area contributed by atoms with Gasteiger partial charge in [-0.15, -0.1) is 0 Å². The molecule has 0 radical (unpaired) electrons. The maximum Gasteiger partial charge on any atom is 0.303 e. The molecule has 4 heterocycles. The summed E-state index contributed by atoms with van der Waals surface area (Å²) in [6.45, 7) is 5.79. The third-order valence-electron chi connectivity index (χ3n) is 7.64. The van der Waals surface area contributed by atoms with E-state index in [-0.39, 0.29) is 25.3 Å². The number of furan rings is 2. The van der Waals surface area contributed by atoms with Crippen molar-refractivity contribution in [1.82, 2.24) is 10.3 Å². The third-order valence-corrected chi connectivity index (χ3v) is 7.64. The molecule has 0 amide bonds. The first-order valence-corrected chi connectivity index (χ1v) is 14.1. The number of nitrogens with one attached hydrogen (secondary N) is 1. The van der Waals surface area contributed by atoms with E-state index in [1.54, 1.807) is 6.20 Å². The van der Waals surface area contributed by atoms with Crippen LogP contribution in [-0.4, -0.2) is 30.1 Å². The summed E-state index contributed by atoms with van der Waals surface area (Å²) < 4.78 is 30.0. The lowest BCUT2D eigenvalue weighted by Crippen LogP contribution is -2.40. The molecule has 0 spiro atoms. The minimum absolute atomic E-state index is 0.0130. The molecule has 1 aliphatic rings. The summed E-state index contributed by atoms with van der Waals surface area (Å²) in [6, 6.07) is 17.5. The predicted molar refractivity (Wildman–Crippen MR) is 155 cm³/mol. The van der Waals surface area contributed by atoms with Gasteiger partial charge in [0.1, 0.15) is 53.5 Å². The van der Waals surface area contributed by atoms with Crippen molar-refractivity contribution < 1.29 is 27.8 Å². The Morgan fingerprint density at radius 3 is 2.83 bits per heavy atom. The lowest BCUT2D eigenvalue weighted by Gasteiger charge is -2.31. The smallest absolute Gasteiger partial charge is 0.303 e. The topological polar surface area (TPSA) is 96.0 Å². The summed E-state index contributed by atoms with van der Waals surface area (Å²) in [5.74, 6) is 2.91. The van der Waals surface area contributed by atoms with Crippen LogP contribution in [0.15, 0.2) is 75.8 Å². The first-order valence-electron chi connectivity index (χ1n) is 14.1. The summed E-state index contributed by atoms with van der Waals surface area (Å²) in [5, 5.41) is 5.39. The zero-order valence-corrected chi connectivity index (χ0v) is 23.4. The Bertz CT molecular complexity index is 1630. The average molecular weight is 555 g/mol. The van der Waals surface area contributed by atoms with E-state index < -0.39 is 0 Å². The number of piperidine rings is 1. The molecule has 2 atom stereocenters. The molecule has 1 saturated heterocycles. The third kappa shape index (κ3) is 6.23. The number of aromatic nitrogens is 1. The number of carbonyl (C=O) groups excluding carboxylic acids is 1. The molecule has 212 valence electrons. The Balaban J connectivity index is 1.21. The van der Waals surface area contributed by atoms with Gasteiger partial charge in [0.25, 0.3) is 0 Å². The van der Waals surface area contributed by atoms with Crippen LogP contribution < -0.4 is 14.8 Å². The van der Waals surface area contributed by atoms with E-state index in [4.69, 9.17) is 23.0 Å². The van der Waals surface area contributed by atoms with Gasteiger partial charge in [-0.3, -0.25) is 9.78 Å². The number of hydrogen-bond donors (Lipinski definition) is 1. The zero-order chi connectivity index (χ0) is 28.2. The van der Waals surface area contributed by atoms with Crippen molar-refractivity contribution in [2.45, 2.75) is 52.4 Å². The fraction of sp³-hybridized carbons (Fsp3) is 0.333. The second kappa shape index (κ2) is 12.1. The van der Waals surface area contributed by atoms with Gasteiger partial charge in [0.15, 0.2) is 0 Å². The van der Waals surface area contributed by atoms with Crippen molar-refractivity contribution in [2.75, 3.05) is 13.1 Å². The number of nitrogens with zero attached hydrogens (tertiary/aromatic N) is 1. The Hall–Kier alpha value is -4.30. The second-order valence-corrected chi connectivity index (χ2v) is 10.6. The van der Waals surface area contributed by atoms with Crippen LogP contribution in [0.25, 0.3) is 21.9 Å². The standard InChI is InChI=1S/C33H34N2O6/c1-21-32(20-38-26-10-11-28-25(15-26)16-27(39-28)19-37-22(2)36)41-30-9-3-8-29(33(21)30)40-31(24-7-5-13-35-18-24)14-23-6-4-12-34-17-23/h3-4,6,8-12,15-17,24,31,35H,5,7,13-14,18-20H2,1-2H3. The van der Waals surface area contributed by atoms with Gasteiger partial charge in [-0.05, 0) is 74.3 Å². The zero-order valence-electron chi connectivity index (χ0n) is 23.4. The highest BCUT2D eigenvalue weighted by Gasteiger charge is 2.27. The monoisotopic (exact) mass is 554 g/mol. The number of ether oxygens (including phenoxy) is 3. The SMILES string of the molecule is CC(=O)OCc1cc2cc(OCc3oc4cccc(OC(Cc5cccnc5)C5CCCNC5)c4c3C)ccc2o1. The molecule has 0 bridgehead atoms. The molecule has 2 aromatic carbocycles. The van der Waals surface area contributed by atoms with Crippen molar-refractivity contribution in [2.24, 2.45) is 5.92 Å². The van der Waals surface area contributed by atoms with Gasteiger partial charge in [0.2, 0.25) is 0 Å². The number of pyridine rings is 1. The molecule has 3 aromatic heterocycles.